The van der Waals surface area contributed by atoms with Crippen molar-refractivity contribution in [2.24, 2.45) is 4.99 Å². The molecule has 1 amide bonds. The Labute approximate surface area is 161 Å². The second-order valence-electron chi connectivity index (χ2n) is 6.04. The van der Waals surface area contributed by atoms with Crippen LogP contribution in [-0.4, -0.2) is 38.6 Å². The molecule has 1 unspecified atom stereocenters. The Balaban J connectivity index is 1.59. The van der Waals surface area contributed by atoms with Gasteiger partial charge in [0.05, 0.1) is 12.6 Å². The van der Waals surface area contributed by atoms with E-state index in [2.05, 4.69) is 40.0 Å². The van der Waals surface area contributed by atoms with E-state index in [0.29, 0.717) is 19.1 Å². The number of para-hydroxylation sites is 1. The Morgan fingerprint density at radius 2 is 1.70 bits per heavy atom. The molecule has 0 aromatic heterocycles. The lowest BCUT2D eigenvalue weighted by Crippen LogP contribution is -2.41. The summed E-state index contributed by atoms with van der Waals surface area (Å²) in [6.45, 7) is 3.56. The van der Waals surface area contributed by atoms with E-state index in [1.807, 2.05) is 48.5 Å². The summed E-state index contributed by atoms with van der Waals surface area (Å²) >= 11 is 0. The Hall–Kier alpha value is -2.86. The number of amides is 1. The summed E-state index contributed by atoms with van der Waals surface area (Å²) in [4.78, 5) is 16.1. The third-order valence-electron chi connectivity index (χ3n) is 3.95. The molecule has 144 valence electrons. The van der Waals surface area contributed by atoms with Crippen LogP contribution in [0.2, 0.25) is 0 Å². The zero-order chi connectivity index (χ0) is 19.3. The number of rotatable bonds is 9. The average molecular weight is 368 g/mol. The highest BCUT2D eigenvalue weighted by molar-refractivity contribution is 5.94. The molecule has 0 radical (unpaired) electrons. The predicted molar refractivity (Wildman–Crippen MR) is 110 cm³/mol. The maximum atomic E-state index is 11.9. The molecule has 1 atom stereocenters. The third-order valence-corrected chi connectivity index (χ3v) is 3.95. The number of nitrogens with one attached hydrogen (secondary N) is 3. The van der Waals surface area contributed by atoms with Crippen LogP contribution in [0.1, 0.15) is 25.0 Å². The summed E-state index contributed by atoms with van der Waals surface area (Å²) in [5.41, 5.74) is 1.95. The number of benzene rings is 2. The average Bonchev–Trinajstić information content (AvgIpc) is 2.71. The molecular weight excluding hydrogens is 340 g/mol. The summed E-state index contributed by atoms with van der Waals surface area (Å²) in [6.07, 6.45) is 0.916. The van der Waals surface area contributed by atoms with Gasteiger partial charge in [-0.15, -0.1) is 0 Å². The predicted octanol–water partition coefficient (Wildman–Crippen LogP) is 2.96. The van der Waals surface area contributed by atoms with Crippen molar-refractivity contribution in [3.63, 3.8) is 0 Å². The molecule has 0 aliphatic heterocycles. The van der Waals surface area contributed by atoms with Gasteiger partial charge in [-0.05, 0) is 31.0 Å². The Kier molecular flexibility index (Phi) is 8.86. The summed E-state index contributed by atoms with van der Waals surface area (Å²) in [6, 6.07) is 19.5. The zero-order valence-electron chi connectivity index (χ0n) is 15.9. The van der Waals surface area contributed by atoms with Crippen molar-refractivity contribution in [3.05, 3.63) is 66.2 Å². The van der Waals surface area contributed by atoms with Gasteiger partial charge in [-0.2, -0.15) is 0 Å². The molecule has 27 heavy (non-hydrogen) atoms. The van der Waals surface area contributed by atoms with Crippen molar-refractivity contribution < 1.29 is 9.53 Å². The van der Waals surface area contributed by atoms with Crippen LogP contribution < -0.4 is 16.0 Å². The third kappa shape index (κ3) is 7.92. The van der Waals surface area contributed by atoms with Gasteiger partial charge in [0.25, 0.3) is 0 Å². The number of hydrogen-bond acceptors (Lipinski definition) is 3. The molecule has 0 fully saturated rings. The molecule has 2 aromatic carbocycles. The van der Waals surface area contributed by atoms with E-state index < -0.39 is 0 Å². The fraction of sp³-hybridized carbons (Fsp3) is 0.333. The van der Waals surface area contributed by atoms with Gasteiger partial charge in [0.2, 0.25) is 5.91 Å². The van der Waals surface area contributed by atoms with E-state index in [0.717, 1.165) is 12.1 Å². The second-order valence-corrected chi connectivity index (χ2v) is 6.04. The number of aliphatic imine (C=N–C) groups is 1. The Morgan fingerprint density at radius 3 is 2.37 bits per heavy atom. The number of anilines is 1. The van der Waals surface area contributed by atoms with Crippen molar-refractivity contribution in [2.75, 3.05) is 32.1 Å². The van der Waals surface area contributed by atoms with Crippen LogP contribution in [0.4, 0.5) is 5.69 Å². The zero-order valence-corrected chi connectivity index (χ0v) is 15.9. The molecule has 3 N–H and O–H groups in total. The van der Waals surface area contributed by atoms with Crippen molar-refractivity contribution >= 4 is 17.6 Å². The quantitative estimate of drug-likeness (QED) is 0.361. The minimum atomic E-state index is -0.121. The van der Waals surface area contributed by atoms with Gasteiger partial charge >= 0.3 is 0 Å². The molecule has 2 aromatic rings. The smallest absolute Gasteiger partial charge is 0.243 e. The first kappa shape index (κ1) is 20.5. The van der Waals surface area contributed by atoms with Crippen LogP contribution in [-0.2, 0) is 9.53 Å². The van der Waals surface area contributed by atoms with Crippen LogP contribution in [0, 0.1) is 0 Å². The number of ether oxygens (including phenoxy) is 1. The van der Waals surface area contributed by atoms with Crippen molar-refractivity contribution in [1.29, 1.82) is 0 Å². The molecule has 6 nitrogen and oxygen atoms in total. The standard InChI is InChI=1S/C21H28N4O2/c1-17(18-10-5-3-6-11-18)27-15-9-14-23-21(22-2)24-16-20(26)25-19-12-7-4-8-13-19/h3-8,10-13,17H,9,14-16H2,1-2H3,(H,25,26)(H2,22,23,24). The van der Waals surface area contributed by atoms with Crippen LogP contribution in [0.15, 0.2) is 65.7 Å². The molecule has 0 aliphatic carbocycles. The second kappa shape index (κ2) is 11.7. The highest BCUT2D eigenvalue weighted by Gasteiger charge is 2.06. The van der Waals surface area contributed by atoms with E-state index in [-0.39, 0.29) is 18.6 Å². The highest BCUT2D eigenvalue weighted by atomic mass is 16.5. The van der Waals surface area contributed by atoms with Gasteiger partial charge in [0.15, 0.2) is 5.96 Å². The van der Waals surface area contributed by atoms with E-state index in [4.69, 9.17) is 4.74 Å². The summed E-state index contributed by atoms with van der Waals surface area (Å²) < 4.78 is 5.84. The summed E-state index contributed by atoms with van der Waals surface area (Å²) in [5.74, 6) is 0.471. The van der Waals surface area contributed by atoms with Crippen molar-refractivity contribution in [1.82, 2.24) is 10.6 Å². The first-order chi connectivity index (χ1) is 13.2. The van der Waals surface area contributed by atoms with Crippen LogP contribution in [0.5, 0.6) is 0 Å². The molecule has 2 rings (SSSR count). The lowest BCUT2D eigenvalue weighted by molar-refractivity contribution is -0.115. The molecule has 0 heterocycles. The molecule has 0 spiro atoms. The van der Waals surface area contributed by atoms with Gasteiger partial charge < -0.3 is 20.7 Å². The van der Waals surface area contributed by atoms with Gasteiger partial charge in [0.1, 0.15) is 0 Å². The summed E-state index contributed by atoms with van der Waals surface area (Å²) in [5, 5.41) is 9.00. The number of carbonyl (C=O) groups is 1. The molecular formula is C21H28N4O2. The number of guanidine groups is 1. The molecule has 0 saturated carbocycles. The first-order valence-electron chi connectivity index (χ1n) is 9.15. The number of nitrogens with zero attached hydrogens (tertiary/aromatic N) is 1. The van der Waals surface area contributed by atoms with Gasteiger partial charge in [0, 0.05) is 25.9 Å². The van der Waals surface area contributed by atoms with Gasteiger partial charge in [-0.3, -0.25) is 9.79 Å². The maximum absolute atomic E-state index is 11.9. The van der Waals surface area contributed by atoms with E-state index in [1.54, 1.807) is 7.05 Å². The van der Waals surface area contributed by atoms with Crippen molar-refractivity contribution in [3.8, 4) is 0 Å². The molecule has 0 saturated heterocycles. The van der Waals surface area contributed by atoms with E-state index >= 15 is 0 Å². The lowest BCUT2D eigenvalue weighted by Gasteiger charge is -2.15. The Morgan fingerprint density at radius 1 is 1.04 bits per heavy atom. The largest absolute Gasteiger partial charge is 0.374 e. The monoisotopic (exact) mass is 368 g/mol. The number of hydrogen-bond donors (Lipinski definition) is 3. The van der Waals surface area contributed by atoms with Crippen LogP contribution in [0.3, 0.4) is 0 Å². The number of carbonyl (C=O) groups excluding carboxylic acids is 1. The van der Waals surface area contributed by atoms with Crippen LogP contribution in [0.25, 0.3) is 0 Å². The summed E-state index contributed by atoms with van der Waals surface area (Å²) in [7, 11) is 1.68. The normalized spacial score (nSPS) is 12.3. The fourth-order valence-electron chi connectivity index (χ4n) is 2.47. The molecule has 6 heteroatoms. The molecule has 0 aliphatic rings. The van der Waals surface area contributed by atoms with Gasteiger partial charge in [-0.25, -0.2) is 0 Å². The van der Waals surface area contributed by atoms with E-state index in [1.165, 1.54) is 5.56 Å². The maximum Gasteiger partial charge on any atom is 0.243 e. The topological polar surface area (TPSA) is 74.8 Å². The lowest BCUT2D eigenvalue weighted by atomic mass is 10.1. The first-order valence-corrected chi connectivity index (χ1v) is 9.15. The SMILES string of the molecule is CN=C(NCCCOC(C)c1ccccc1)NCC(=O)Nc1ccccc1. The van der Waals surface area contributed by atoms with E-state index in [9.17, 15) is 4.79 Å². The van der Waals surface area contributed by atoms with Gasteiger partial charge in [-0.1, -0.05) is 48.5 Å². The minimum absolute atomic E-state index is 0.0744. The Bertz CT molecular complexity index is 705. The highest BCUT2D eigenvalue weighted by Crippen LogP contribution is 2.15. The molecule has 0 bridgehead atoms. The van der Waals surface area contributed by atoms with Crippen LogP contribution >= 0.6 is 0 Å². The fourth-order valence-corrected chi connectivity index (χ4v) is 2.47. The van der Waals surface area contributed by atoms with Crippen molar-refractivity contribution in [2.45, 2.75) is 19.4 Å². The minimum Gasteiger partial charge on any atom is -0.374 e.